The molecule has 0 aliphatic carbocycles. The van der Waals surface area contributed by atoms with Gasteiger partial charge in [-0.1, -0.05) is 23.9 Å². The lowest BCUT2D eigenvalue weighted by Gasteiger charge is -2.05. The summed E-state index contributed by atoms with van der Waals surface area (Å²) >= 11 is 1.45. The van der Waals surface area contributed by atoms with Crippen LogP contribution >= 0.6 is 11.8 Å². The standard InChI is InChI=1S/C19H15FN4O2S/c1-26-15-4-2-3-12(9-15)11-27-19-22-21-18(25)17-10-16(23-24(17)19)13-5-7-14(20)8-6-13/h2-10H,11H2,1H3,(H,21,25). The van der Waals surface area contributed by atoms with E-state index in [2.05, 4.69) is 15.3 Å². The molecule has 0 aliphatic rings. The molecule has 0 bridgehead atoms. The highest BCUT2D eigenvalue weighted by Gasteiger charge is 2.12. The van der Waals surface area contributed by atoms with Gasteiger partial charge in [-0.3, -0.25) is 4.79 Å². The van der Waals surface area contributed by atoms with Crippen molar-refractivity contribution in [3.8, 4) is 17.0 Å². The number of thioether (sulfide) groups is 1. The fraction of sp³-hybridized carbons (Fsp3) is 0.105. The van der Waals surface area contributed by atoms with Crippen LogP contribution in [0, 0.1) is 5.82 Å². The molecular weight excluding hydrogens is 367 g/mol. The number of fused-ring (bicyclic) bond motifs is 1. The van der Waals surface area contributed by atoms with Crippen molar-refractivity contribution >= 4 is 17.3 Å². The number of aromatic amines is 1. The molecule has 2 heterocycles. The molecule has 0 unspecified atom stereocenters. The molecule has 0 aliphatic heterocycles. The minimum Gasteiger partial charge on any atom is -0.497 e. The first-order chi connectivity index (χ1) is 13.1. The van der Waals surface area contributed by atoms with Crippen LogP contribution in [0.4, 0.5) is 4.39 Å². The van der Waals surface area contributed by atoms with E-state index in [1.807, 2.05) is 24.3 Å². The monoisotopic (exact) mass is 382 g/mol. The molecule has 0 fully saturated rings. The molecule has 0 atom stereocenters. The summed E-state index contributed by atoms with van der Waals surface area (Å²) in [6.07, 6.45) is 0. The normalized spacial score (nSPS) is 11.0. The fourth-order valence-electron chi connectivity index (χ4n) is 2.66. The summed E-state index contributed by atoms with van der Waals surface area (Å²) in [6, 6.07) is 15.4. The Kier molecular flexibility index (Phi) is 4.64. The minimum atomic E-state index is -0.332. The lowest BCUT2D eigenvalue weighted by atomic mass is 10.1. The number of methoxy groups -OCH3 is 1. The Balaban J connectivity index is 1.67. The first-order valence-corrected chi connectivity index (χ1v) is 9.13. The van der Waals surface area contributed by atoms with Gasteiger partial charge in [0.1, 0.15) is 17.1 Å². The molecule has 0 amide bonds. The lowest BCUT2D eigenvalue weighted by molar-refractivity contribution is 0.414. The van der Waals surface area contributed by atoms with Crippen molar-refractivity contribution in [3.05, 3.63) is 76.3 Å². The van der Waals surface area contributed by atoms with E-state index in [1.54, 1.807) is 25.3 Å². The van der Waals surface area contributed by atoms with E-state index in [-0.39, 0.29) is 11.4 Å². The molecule has 2 aromatic heterocycles. The van der Waals surface area contributed by atoms with Gasteiger partial charge >= 0.3 is 0 Å². The zero-order valence-corrected chi connectivity index (χ0v) is 15.2. The third-order valence-corrected chi connectivity index (χ3v) is 5.02. The molecule has 0 spiro atoms. The second-order valence-electron chi connectivity index (χ2n) is 5.81. The van der Waals surface area contributed by atoms with Crippen LogP contribution in [0.5, 0.6) is 5.75 Å². The van der Waals surface area contributed by atoms with E-state index in [0.29, 0.717) is 22.1 Å². The Hall–Kier alpha value is -3.13. The summed E-state index contributed by atoms with van der Waals surface area (Å²) < 4.78 is 19.9. The number of nitrogens with zero attached hydrogens (tertiary/aromatic N) is 3. The van der Waals surface area contributed by atoms with Gasteiger partial charge in [0.25, 0.3) is 5.56 Å². The summed E-state index contributed by atoms with van der Waals surface area (Å²) in [5.74, 6) is 1.10. The quantitative estimate of drug-likeness (QED) is 0.535. The zero-order valence-electron chi connectivity index (χ0n) is 14.3. The SMILES string of the molecule is COc1cccc(CSc2n[nH]c(=O)c3cc(-c4ccc(F)cc4)nn23)c1. The maximum atomic E-state index is 13.1. The highest BCUT2D eigenvalue weighted by atomic mass is 32.2. The van der Waals surface area contributed by atoms with E-state index in [4.69, 9.17) is 4.74 Å². The van der Waals surface area contributed by atoms with Crippen molar-refractivity contribution in [2.45, 2.75) is 10.9 Å². The number of rotatable bonds is 5. The molecule has 8 heteroatoms. The second kappa shape index (κ2) is 7.24. The van der Waals surface area contributed by atoms with Crippen LogP contribution in [0.25, 0.3) is 16.8 Å². The molecule has 0 radical (unpaired) electrons. The van der Waals surface area contributed by atoms with Gasteiger partial charge in [-0.15, -0.1) is 5.10 Å². The van der Waals surface area contributed by atoms with Gasteiger partial charge in [0.2, 0.25) is 5.16 Å². The Morgan fingerprint density at radius 2 is 2.00 bits per heavy atom. The van der Waals surface area contributed by atoms with Crippen molar-refractivity contribution in [2.24, 2.45) is 0 Å². The minimum absolute atomic E-state index is 0.323. The molecule has 1 N–H and O–H groups in total. The first kappa shape index (κ1) is 17.3. The summed E-state index contributed by atoms with van der Waals surface area (Å²) in [6.45, 7) is 0. The second-order valence-corrected chi connectivity index (χ2v) is 6.75. The topological polar surface area (TPSA) is 72.3 Å². The van der Waals surface area contributed by atoms with Gasteiger partial charge in [-0.2, -0.15) is 5.10 Å². The highest BCUT2D eigenvalue weighted by molar-refractivity contribution is 7.98. The van der Waals surface area contributed by atoms with Gasteiger partial charge < -0.3 is 4.74 Å². The summed E-state index contributed by atoms with van der Waals surface area (Å²) in [7, 11) is 1.63. The number of H-pyrrole nitrogens is 1. The maximum absolute atomic E-state index is 13.1. The lowest BCUT2D eigenvalue weighted by Crippen LogP contribution is -2.13. The molecule has 2 aromatic carbocycles. The van der Waals surface area contributed by atoms with Gasteiger partial charge in [0, 0.05) is 11.3 Å². The van der Waals surface area contributed by atoms with Crippen molar-refractivity contribution in [1.29, 1.82) is 0 Å². The molecule has 0 saturated heterocycles. The number of hydrogen-bond donors (Lipinski definition) is 1. The smallest absolute Gasteiger partial charge is 0.290 e. The van der Waals surface area contributed by atoms with E-state index in [1.165, 1.54) is 28.4 Å². The van der Waals surface area contributed by atoms with Crippen molar-refractivity contribution < 1.29 is 9.13 Å². The van der Waals surface area contributed by atoms with Crippen LogP contribution in [-0.4, -0.2) is 26.9 Å². The number of hydrogen-bond acceptors (Lipinski definition) is 5. The number of halogens is 1. The summed E-state index contributed by atoms with van der Waals surface area (Å²) in [5, 5.41) is 11.7. The van der Waals surface area contributed by atoms with Crippen LogP contribution in [0.15, 0.2) is 64.5 Å². The molecule has 27 heavy (non-hydrogen) atoms. The van der Waals surface area contributed by atoms with Crippen molar-refractivity contribution in [1.82, 2.24) is 19.8 Å². The number of aromatic nitrogens is 4. The average Bonchev–Trinajstić information content (AvgIpc) is 3.15. The van der Waals surface area contributed by atoms with E-state index in [0.717, 1.165) is 16.9 Å². The van der Waals surface area contributed by atoms with Crippen LogP contribution < -0.4 is 10.3 Å². The summed E-state index contributed by atoms with van der Waals surface area (Å²) in [5.41, 5.74) is 2.42. The number of nitrogens with one attached hydrogen (secondary N) is 1. The van der Waals surface area contributed by atoms with Crippen LogP contribution in [0.2, 0.25) is 0 Å². The molecule has 4 aromatic rings. The Morgan fingerprint density at radius 3 is 2.78 bits per heavy atom. The molecular formula is C19H15FN4O2S. The third-order valence-electron chi connectivity index (χ3n) is 4.02. The van der Waals surface area contributed by atoms with Gasteiger partial charge in [-0.25, -0.2) is 14.0 Å². The van der Waals surface area contributed by atoms with Crippen LogP contribution in [0.3, 0.4) is 0 Å². The number of ether oxygens (including phenoxy) is 1. The average molecular weight is 382 g/mol. The third kappa shape index (κ3) is 3.56. The molecule has 136 valence electrons. The Morgan fingerprint density at radius 1 is 1.19 bits per heavy atom. The Bertz CT molecular complexity index is 1150. The van der Waals surface area contributed by atoms with Crippen LogP contribution in [0.1, 0.15) is 5.56 Å². The van der Waals surface area contributed by atoms with E-state index in [9.17, 15) is 9.18 Å². The molecule has 4 rings (SSSR count). The predicted molar refractivity (Wildman–Crippen MR) is 102 cm³/mol. The number of benzene rings is 2. The largest absolute Gasteiger partial charge is 0.497 e. The van der Waals surface area contributed by atoms with Gasteiger partial charge in [-0.05, 0) is 48.0 Å². The van der Waals surface area contributed by atoms with E-state index >= 15 is 0 Å². The van der Waals surface area contributed by atoms with E-state index < -0.39 is 0 Å². The predicted octanol–water partition coefficient (Wildman–Crippen LogP) is 3.52. The molecule has 0 saturated carbocycles. The van der Waals surface area contributed by atoms with Crippen molar-refractivity contribution in [2.75, 3.05) is 7.11 Å². The fourth-order valence-corrected chi connectivity index (χ4v) is 3.50. The highest BCUT2D eigenvalue weighted by Crippen LogP contribution is 2.25. The zero-order chi connectivity index (χ0) is 18.8. The summed E-state index contributed by atoms with van der Waals surface area (Å²) in [4.78, 5) is 12.1. The van der Waals surface area contributed by atoms with Gasteiger partial charge in [0.05, 0.1) is 12.8 Å². The molecule has 6 nitrogen and oxygen atoms in total. The Labute approximate surface area is 158 Å². The van der Waals surface area contributed by atoms with Gasteiger partial charge in [0.15, 0.2) is 0 Å². The van der Waals surface area contributed by atoms with Crippen molar-refractivity contribution in [3.63, 3.8) is 0 Å². The maximum Gasteiger partial charge on any atom is 0.290 e. The first-order valence-electron chi connectivity index (χ1n) is 8.14. The van der Waals surface area contributed by atoms with Crippen LogP contribution in [-0.2, 0) is 5.75 Å².